The van der Waals surface area contributed by atoms with Crippen LogP contribution in [0.2, 0.25) is 0 Å². The minimum Gasteiger partial charge on any atom is -0.356 e. The van der Waals surface area contributed by atoms with Gasteiger partial charge in [0, 0.05) is 17.2 Å². The molecule has 2 aromatic carbocycles. The van der Waals surface area contributed by atoms with Gasteiger partial charge >= 0.3 is 0 Å². The molecule has 1 aromatic heterocycles. The van der Waals surface area contributed by atoms with Crippen molar-refractivity contribution in [3.8, 4) is 22.6 Å². The Hall–Kier alpha value is -2.35. The maximum atomic E-state index is 5.70. The number of hydrogen-bond acceptors (Lipinski definition) is 2. The van der Waals surface area contributed by atoms with Gasteiger partial charge in [-0.1, -0.05) is 74.8 Å². The van der Waals surface area contributed by atoms with Crippen molar-refractivity contribution in [1.82, 2.24) is 5.16 Å². The van der Waals surface area contributed by atoms with Crippen molar-refractivity contribution >= 4 is 0 Å². The SMILES string of the molecule is Cc1ccc(-c2cc(-c3ccc4c(c3)C(C)(C)CCC4(C)C)on2)cc1. The lowest BCUT2D eigenvalue weighted by molar-refractivity contribution is 0.332. The van der Waals surface area contributed by atoms with Gasteiger partial charge in [0.05, 0.1) is 0 Å². The van der Waals surface area contributed by atoms with Crippen LogP contribution in [0.1, 0.15) is 57.2 Å². The van der Waals surface area contributed by atoms with Crippen LogP contribution in [-0.2, 0) is 10.8 Å². The monoisotopic (exact) mass is 345 g/mol. The molecule has 0 N–H and O–H groups in total. The van der Waals surface area contributed by atoms with E-state index in [4.69, 9.17) is 4.52 Å². The average molecular weight is 345 g/mol. The highest BCUT2D eigenvalue weighted by Crippen LogP contribution is 2.46. The third-order valence-electron chi connectivity index (χ3n) is 5.99. The van der Waals surface area contributed by atoms with Gasteiger partial charge in [0.15, 0.2) is 5.76 Å². The number of benzene rings is 2. The van der Waals surface area contributed by atoms with E-state index in [-0.39, 0.29) is 10.8 Å². The first kappa shape index (κ1) is 17.1. The first-order valence-corrected chi connectivity index (χ1v) is 9.45. The molecule has 0 bridgehead atoms. The van der Waals surface area contributed by atoms with E-state index in [1.165, 1.54) is 29.5 Å². The summed E-state index contributed by atoms with van der Waals surface area (Å²) in [5, 5.41) is 4.29. The lowest BCUT2D eigenvalue weighted by Crippen LogP contribution is -2.33. The van der Waals surface area contributed by atoms with E-state index in [0.717, 1.165) is 22.6 Å². The van der Waals surface area contributed by atoms with Crippen LogP contribution in [0.15, 0.2) is 53.1 Å². The summed E-state index contributed by atoms with van der Waals surface area (Å²) in [4.78, 5) is 0. The van der Waals surface area contributed by atoms with Gasteiger partial charge in [-0.05, 0) is 47.8 Å². The van der Waals surface area contributed by atoms with E-state index in [2.05, 4.69) is 82.2 Å². The van der Waals surface area contributed by atoms with Crippen molar-refractivity contribution in [2.45, 2.75) is 58.3 Å². The van der Waals surface area contributed by atoms with E-state index in [1.54, 1.807) is 0 Å². The highest BCUT2D eigenvalue weighted by atomic mass is 16.5. The van der Waals surface area contributed by atoms with E-state index in [9.17, 15) is 0 Å². The molecule has 0 amide bonds. The molecule has 0 saturated carbocycles. The second kappa shape index (κ2) is 5.84. The van der Waals surface area contributed by atoms with E-state index >= 15 is 0 Å². The zero-order chi connectivity index (χ0) is 18.5. The third kappa shape index (κ3) is 2.88. The normalized spacial score (nSPS) is 17.7. The van der Waals surface area contributed by atoms with Crippen LogP contribution >= 0.6 is 0 Å². The van der Waals surface area contributed by atoms with Crippen molar-refractivity contribution in [1.29, 1.82) is 0 Å². The van der Waals surface area contributed by atoms with E-state index < -0.39 is 0 Å². The average Bonchev–Trinajstić information content (AvgIpc) is 3.09. The topological polar surface area (TPSA) is 26.0 Å². The quantitative estimate of drug-likeness (QED) is 0.518. The van der Waals surface area contributed by atoms with Crippen molar-refractivity contribution in [2.75, 3.05) is 0 Å². The molecular formula is C24H27NO. The highest BCUT2D eigenvalue weighted by molar-refractivity contribution is 5.68. The van der Waals surface area contributed by atoms with Crippen LogP contribution in [-0.4, -0.2) is 5.16 Å². The lowest BCUT2D eigenvalue weighted by atomic mass is 9.63. The number of fused-ring (bicyclic) bond motifs is 1. The van der Waals surface area contributed by atoms with Gasteiger partial charge in [0.2, 0.25) is 0 Å². The summed E-state index contributed by atoms with van der Waals surface area (Å²) in [6, 6.07) is 17.2. The van der Waals surface area contributed by atoms with Crippen LogP contribution < -0.4 is 0 Å². The molecule has 0 aliphatic heterocycles. The molecule has 134 valence electrons. The fourth-order valence-corrected chi connectivity index (χ4v) is 4.01. The Morgan fingerprint density at radius 1 is 0.769 bits per heavy atom. The van der Waals surface area contributed by atoms with Gasteiger partial charge in [0.25, 0.3) is 0 Å². The van der Waals surface area contributed by atoms with Crippen LogP contribution in [0.4, 0.5) is 0 Å². The van der Waals surface area contributed by atoms with Crippen LogP contribution in [0, 0.1) is 6.92 Å². The lowest BCUT2D eigenvalue weighted by Gasteiger charge is -2.42. The Balaban J connectivity index is 1.75. The Bertz CT molecular complexity index is 945. The summed E-state index contributed by atoms with van der Waals surface area (Å²) in [5.41, 5.74) is 7.67. The van der Waals surface area contributed by atoms with Crippen LogP contribution in [0.3, 0.4) is 0 Å². The fraction of sp³-hybridized carbons (Fsp3) is 0.375. The molecule has 4 rings (SSSR count). The summed E-state index contributed by atoms with van der Waals surface area (Å²) in [6.07, 6.45) is 2.44. The van der Waals surface area contributed by atoms with Gasteiger partial charge < -0.3 is 4.52 Å². The van der Waals surface area contributed by atoms with E-state index in [0.29, 0.717) is 0 Å². The molecule has 3 aromatic rings. The second-order valence-corrected chi connectivity index (χ2v) is 8.97. The molecule has 2 nitrogen and oxygen atoms in total. The maximum Gasteiger partial charge on any atom is 0.167 e. The van der Waals surface area contributed by atoms with Crippen molar-refractivity contribution in [2.24, 2.45) is 0 Å². The molecule has 0 unspecified atom stereocenters. The first-order chi connectivity index (χ1) is 12.3. The molecular weight excluding hydrogens is 318 g/mol. The van der Waals surface area contributed by atoms with Gasteiger partial charge in [-0.25, -0.2) is 0 Å². The number of aryl methyl sites for hydroxylation is 1. The predicted octanol–water partition coefficient (Wildman–Crippen LogP) is 6.67. The summed E-state index contributed by atoms with van der Waals surface area (Å²) in [7, 11) is 0. The van der Waals surface area contributed by atoms with E-state index in [1.807, 2.05) is 6.07 Å². The highest BCUT2D eigenvalue weighted by Gasteiger charge is 2.37. The number of rotatable bonds is 2. The Morgan fingerprint density at radius 3 is 2.08 bits per heavy atom. The molecule has 1 aliphatic rings. The summed E-state index contributed by atoms with van der Waals surface area (Å²) >= 11 is 0. The van der Waals surface area contributed by atoms with Gasteiger partial charge in [0.1, 0.15) is 5.69 Å². The molecule has 0 fully saturated rings. The van der Waals surface area contributed by atoms with Crippen molar-refractivity contribution < 1.29 is 4.52 Å². The molecule has 26 heavy (non-hydrogen) atoms. The minimum absolute atomic E-state index is 0.195. The molecule has 1 aliphatic carbocycles. The maximum absolute atomic E-state index is 5.70. The number of hydrogen-bond donors (Lipinski definition) is 0. The Labute approximate surface area is 156 Å². The molecule has 2 heteroatoms. The summed E-state index contributed by atoms with van der Waals surface area (Å²) < 4.78 is 5.70. The van der Waals surface area contributed by atoms with Crippen LogP contribution in [0.25, 0.3) is 22.6 Å². The zero-order valence-electron chi connectivity index (χ0n) is 16.4. The van der Waals surface area contributed by atoms with Crippen molar-refractivity contribution in [3.63, 3.8) is 0 Å². The molecule has 1 heterocycles. The summed E-state index contributed by atoms with van der Waals surface area (Å²) in [6.45, 7) is 11.5. The van der Waals surface area contributed by atoms with Gasteiger partial charge in [-0.2, -0.15) is 0 Å². The predicted molar refractivity (Wildman–Crippen MR) is 107 cm³/mol. The first-order valence-electron chi connectivity index (χ1n) is 9.45. The number of aromatic nitrogens is 1. The molecule has 0 spiro atoms. The standard InChI is InChI=1S/C24H27NO/c1-16-6-8-17(9-7-16)21-15-22(26-25-21)18-10-11-19-20(14-18)24(4,5)13-12-23(19,2)3/h6-11,14-15H,12-13H2,1-5H3. The molecule has 0 saturated heterocycles. The smallest absolute Gasteiger partial charge is 0.167 e. The Morgan fingerprint density at radius 2 is 1.38 bits per heavy atom. The summed E-state index contributed by atoms with van der Waals surface area (Å²) in [5.74, 6) is 0.836. The Kier molecular flexibility index (Phi) is 3.83. The second-order valence-electron chi connectivity index (χ2n) is 8.97. The molecule has 0 atom stereocenters. The van der Waals surface area contributed by atoms with Gasteiger partial charge in [-0.15, -0.1) is 0 Å². The largest absolute Gasteiger partial charge is 0.356 e. The van der Waals surface area contributed by atoms with Gasteiger partial charge in [-0.3, -0.25) is 0 Å². The minimum atomic E-state index is 0.195. The fourth-order valence-electron chi connectivity index (χ4n) is 4.01. The van der Waals surface area contributed by atoms with Crippen LogP contribution in [0.5, 0.6) is 0 Å². The molecule has 0 radical (unpaired) electrons. The third-order valence-corrected chi connectivity index (χ3v) is 5.99. The van der Waals surface area contributed by atoms with Crippen molar-refractivity contribution in [3.05, 3.63) is 65.2 Å². The zero-order valence-corrected chi connectivity index (χ0v) is 16.4. The number of nitrogens with zero attached hydrogens (tertiary/aromatic N) is 1.